The Morgan fingerprint density at radius 1 is 1.27 bits per heavy atom. The summed E-state index contributed by atoms with van der Waals surface area (Å²) in [5.41, 5.74) is 4.83. The Morgan fingerprint density at radius 2 is 1.87 bits per heavy atom. The van der Waals surface area contributed by atoms with Crippen LogP contribution in [0.3, 0.4) is 0 Å². The third kappa shape index (κ3) is 2.45. The fourth-order valence-corrected chi connectivity index (χ4v) is 1.05. The second-order valence-corrected chi connectivity index (χ2v) is 3.07. The summed E-state index contributed by atoms with van der Waals surface area (Å²) in [6, 6.07) is 0.381. The van der Waals surface area contributed by atoms with Gasteiger partial charge in [0.2, 0.25) is 0 Å². The molecule has 0 bridgehead atoms. The molecule has 0 aliphatic heterocycles. The maximum absolute atomic E-state index is 12.9. The summed E-state index contributed by atoms with van der Waals surface area (Å²) in [6.45, 7) is -1.45. The number of benzene rings is 1. The zero-order chi connectivity index (χ0) is 11.6. The molecule has 1 atom stereocenters. The highest BCUT2D eigenvalue weighted by Gasteiger charge is 2.37. The van der Waals surface area contributed by atoms with Crippen LogP contribution in [0.25, 0.3) is 0 Å². The predicted octanol–water partition coefficient (Wildman–Crippen LogP) is 1.59. The lowest BCUT2D eigenvalue weighted by molar-refractivity contribution is -0.0712. The molecule has 1 rings (SSSR count). The molecule has 0 radical (unpaired) electrons. The van der Waals surface area contributed by atoms with Crippen LogP contribution in [0.2, 0.25) is 0 Å². The van der Waals surface area contributed by atoms with Gasteiger partial charge in [0.1, 0.15) is 6.61 Å². The molecule has 0 amide bonds. The number of hydrogen-bond acceptors (Lipinski definition) is 2. The minimum Gasteiger partial charge on any atom is -0.390 e. The van der Waals surface area contributed by atoms with E-state index < -0.39 is 30.2 Å². The summed E-state index contributed by atoms with van der Waals surface area (Å²) in [5.74, 6) is -5.96. The summed E-state index contributed by atoms with van der Waals surface area (Å²) in [5, 5.41) is 8.35. The molecular weight excluding hydrogens is 214 g/mol. The van der Waals surface area contributed by atoms with E-state index in [9.17, 15) is 17.6 Å². The van der Waals surface area contributed by atoms with Crippen LogP contribution in [0.4, 0.5) is 17.6 Å². The normalized spacial score (nSPS) is 14.0. The van der Waals surface area contributed by atoms with Gasteiger partial charge in [-0.15, -0.1) is 0 Å². The molecule has 1 aromatic rings. The van der Waals surface area contributed by atoms with Crippen molar-refractivity contribution in [2.75, 3.05) is 6.61 Å². The Morgan fingerprint density at radius 3 is 2.33 bits per heavy atom. The number of rotatable bonds is 3. The SMILES string of the molecule is N[C@@H](c1ccc(F)c(F)c1)C(F)(F)CO. The molecule has 0 spiro atoms. The highest BCUT2D eigenvalue weighted by Crippen LogP contribution is 2.29. The van der Waals surface area contributed by atoms with E-state index in [1.54, 1.807) is 0 Å². The van der Waals surface area contributed by atoms with Gasteiger partial charge in [-0.1, -0.05) is 6.07 Å². The topological polar surface area (TPSA) is 46.2 Å². The van der Waals surface area contributed by atoms with E-state index in [0.29, 0.717) is 12.1 Å². The maximum Gasteiger partial charge on any atom is 0.289 e. The fraction of sp³-hybridized carbons (Fsp3) is 0.333. The lowest BCUT2D eigenvalue weighted by Crippen LogP contribution is -2.36. The van der Waals surface area contributed by atoms with Crippen molar-refractivity contribution in [3.8, 4) is 0 Å². The van der Waals surface area contributed by atoms with Crippen LogP contribution in [0.15, 0.2) is 18.2 Å². The van der Waals surface area contributed by atoms with Gasteiger partial charge in [-0.2, -0.15) is 0 Å². The van der Waals surface area contributed by atoms with Gasteiger partial charge >= 0.3 is 0 Å². The third-order valence-corrected chi connectivity index (χ3v) is 1.97. The van der Waals surface area contributed by atoms with Crippen LogP contribution >= 0.6 is 0 Å². The molecule has 0 heterocycles. The molecule has 15 heavy (non-hydrogen) atoms. The van der Waals surface area contributed by atoms with Crippen LogP contribution in [0, 0.1) is 11.6 Å². The Kier molecular flexibility index (Phi) is 3.31. The van der Waals surface area contributed by atoms with Crippen molar-refractivity contribution in [2.24, 2.45) is 5.73 Å². The van der Waals surface area contributed by atoms with Crippen molar-refractivity contribution in [3.63, 3.8) is 0 Å². The standard InChI is InChI=1S/C9H9F4NO/c10-6-2-1-5(3-7(6)11)8(14)9(12,13)4-15/h1-3,8,15H,4,14H2/t8-/m0/s1. The van der Waals surface area contributed by atoms with E-state index in [2.05, 4.69) is 0 Å². The summed E-state index contributed by atoms with van der Waals surface area (Å²) in [7, 11) is 0. The number of hydrogen-bond donors (Lipinski definition) is 2. The first kappa shape index (κ1) is 11.9. The first-order chi connectivity index (χ1) is 6.88. The average molecular weight is 223 g/mol. The van der Waals surface area contributed by atoms with Crippen molar-refractivity contribution >= 4 is 0 Å². The lowest BCUT2D eigenvalue weighted by atomic mass is 10.0. The van der Waals surface area contributed by atoms with Crippen molar-refractivity contribution in [3.05, 3.63) is 35.4 Å². The Bertz CT molecular complexity index is 356. The second-order valence-electron chi connectivity index (χ2n) is 3.07. The minimum atomic E-state index is -3.57. The van der Waals surface area contributed by atoms with Gasteiger partial charge in [0.25, 0.3) is 5.92 Å². The molecule has 0 aliphatic rings. The average Bonchev–Trinajstić information content (AvgIpc) is 2.21. The number of aliphatic hydroxyl groups excluding tert-OH is 1. The Balaban J connectivity index is 3.02. The van der Waals surface area contributed by atoms with E-state index in [1.165, 1.54) is 0 Å². The van der Waals surface area contributed by atoms with Crippen molar-refractivity contribution in [1.29, 1.82) is 0 Å². The predicted molar refractivity (Wildman–Crippen MR) is 45.3 cm³/mol. The van der Waals surface area contributed by atoms with Crippen molar-refractivity contribution < 1.29 is 22.7 Å². The van der Waals surface area contributed by atoms with E-state index in [1.807, 2.05) is 0 Å². The lowest BCUT2D eigenvalue weighted by Gasteiger charge is -2.21. The van der Waals surface area contributed by atoms with Crippen LogP contribution in [-0.4, -0.2) is 17.6 Å². The number of alkyl halides is 2. The van der Waals surface area contributed by atoms with Crippen molar-refractivity contribution in [1.82, 2.24) is 0 Å². The van der Waals surface area contributed by atoms with Gasteiger partial charge in [0, 0.05) is 0 Å². The maximum atomic E-state index is 12.9. The van der Waals surface area contributed by atoms with E-state index in [-0.39, 0.29) is 5.56 Å². The number of halogens is 4. The Hall–Kier alpha value is -1.14. The molecule has 0 aliphatic carbocycles. The quantitative estimate of drug-likeness (QED) is 0.764. The molecular formula is C9H9F4NO. The summed E-state index contributed by atoms with van der Waals surface area (Å²) in [6.07, 6.45) is 0. The largest absolute Gasteiger partial charge is 0.390 e. The summed E-state index contributed by atoms with van der Waals surface area (Å²) in [4.78, 5) is 0. The first-order valence-electron chi connectivity index (χ1n) is 4.07. The molecule has 1 aromatic carbocycles. The fourth-order valence-electron chi connectivity index (χ4n) is 1.05. The zero-order valence-corrected chi connectivity index (χ0v) is 7.55. The molecule has 0 saturated carbocycles. The van der Waals surface area contributed by atoms with Gasteiger partial charge in [-0.3, -0.25) is 0 Å². The van der Waals surface area contributed by atoms with Gasteiger partial charge in [0.15, 0.2) is 11.6 Å². The molecule has 0 fully saturated rings. The van der Waals surface area contributed by atoms with Crippen LogP contribution in [-0.2, 0) is 0 Å². The molecule has 2 nitrogen and oxygen atoms in total. The van der Waals surface area contributed by atoms with Crippen LogP contribution in [0.5, 0.6) is 0 Å². The summed E-state index contributed by atoms with van der Waals surface area (Å²) < 4.78 is 50.9. The van der Waals surface area contributed by atoms with E-state index in [0.717, 1.165) is 6.07 Å². The van der Waals surface area contributed by atoms with Gasteiger partial charge in [-0.25, -0.2) is 17.6 Å². The Labute approximate surface area is 83.3 Å². The first-order valence-corrected chi connectivity index (χ1v) is 4.07. The second kappa shape index (κ2) is 4.16. The number of nitrogens with two attached hydrogens (primary N) is 1. The van der Waals surface area contributed by atoms with Crippen molar-refractivity contribution in [2.45, 2.75) is 12.0 Å². The number of aliphatic hydroxyl groups is 1. The van der Waals surface area contributed by atoms with Gasteiger partial charge in [0.05, 0.1) is 6.04 Å². The highest BCUT2D eigenvalue weighted by molar-refractivity contribution is 5.22. The molecule has 0 unspecified atom stereocenters. The zero-order valence-electron chi connectivity index (χ0n) is 7.55. The van der Waals surface area contributed by atoms with E-state index in [4.69, 9.17) is 10.8 Å². The van der Waals surface area contributed by atoms with Crippen LogP contribution < -0.4 is 5.73 Å². The molecule has 84 valence electrons. The molecule has 0 saturated heterocycles. The van der Waals surface area contributed by atoms with E-state index >= 15 is 0 Å². The minimum absolute atomic E-state index is 0.270. The molecule has 3 N–H and O–H groups in total. The van der Waals surface area contributed by atoms with Gasteiger partial charge < -0.3 is 10.8 Å². The van der Waals surface area contributed by atoms with Gasteiger partial charge in [-0.05, 0) is 17.7 Å². The van der Waals surface area contributed by atoms with Crippen LogP contribution in [0.1, 0.15) is 11.6 Å². The molecule has 6 heteroatoms. The summed E-state index contributed by atoms with van der Waals surface area (Å²) >= 11 is 0. The monoisotopic (exact) mass is 223 g/mol. The molecule has 0 aromatic heterocycles. The third-order valence-electron chi connectivity index (χ3n) is 1.97. The highest BCUT2D eigenvalue weighted by atomic mass is 19.3. The smallest absolute Gasteiger partial charge is 0.289 e.